The lowest BCUT2D eigenvalue weighted by Crippen LogP contribution is -2.62. The first-order valence-corrected chi connectivity index (χ1v) is 5.10. The maximum Gasteiger partial charge on any atom is 0.415 e. The number of hydrogen-bond donors (Lipinski definition) is 1. The van der Waals surface area contributed by atoms with Crippen LogP contribution >= 0.6 is 0 Å². The number of nitrogens with zero attached hydrogens (tertiary/aromatic N) is 1. The summed E-state index contributed by atoms with van der Waals surface area (Å²) in [7, 11) is 1.62. The van der Waals surface area contributed by atoms with Gasteiger partial charge < -0.3 is 10.1 Å². The molecule has 2 aliphatic rings. The van der Waals surface area contributed by atoms with Gasteiger partial charge in [-0.05, 0) is 18.2 Å². The van der Waals surface area contributed by atoms with E-state index in [1.54, 1.807) is 13.1 Å². The van der Waals surface area contributed by atoms with E-state index in [9.17, 15) is 9.18 Å². The summed E-state index contributed by atoms with van der Waals surface area (Å²) in [5.74, 6) is -0.309. The number of hydrogen-bond acceptors (Lipinski definition) is 3. The highest BCUT2D eigenvalue weighted by molar-refractivity contribution is 5.91. The van der Waals surface area contributed by atoms with E-state index in [0.717, 1.165) is 11.3 Å². The maximum absolute atomic E-state index is 13.2. The fourth-order valence-electron chi connectivity index (χ4n) is 2.17. The molecule has 0 aliphatic carbocycles. The molecule has 0 radical (unpaired) electrons. The molecular formula is C11H11FN2O2. The molecule has 84 valence electrons. The Balaban J connectivity index is 2.19. The van der Waals surface area contributed by atoms with Gasteiger partial charge in [-0.1, -0.05) is 0 Å². The van der Waals surface area contributed by atoms with Crippen molar-refractivity contribution < 1.29 is 13.9 Å². The Bertz CT molecular complexity index is 471. The molecule has 1 aromatic rings. The van der Waals surface area contributed by atoms with Crippen LogP contribution in [0, 0.1) is 5.82 Å². The second-order valence-corrected chi connectivity index (χ2v) is 4.19. The van der Waals surface area contributed by atoms with Crippen LogP contribution in [0.1, 0.15) is 5.56 Å². The second kappa shape index (κ2) is 2.95. The van der Waals surface area contributed by atoms with Gasteiger partial charge >= 0.3 is 6.09 Å². The van der Waals surface area contributed by atoms with Crippen molar-refractivity contribution >= 4 is 11.8 Å². The Morgan fingerprint density at radius 3 is 2.88 bits per heavy atom. The van der Waals surface area contributed by atoms with Gasteiger partial charge in [0.2, 0.25) is 0 Å². The van der Waals surface area contributed by atoms with Gasteiger partial charge in [-0.2, -0.15) is 0 Å². The molecular weight excluding hydrogens is 211 g/mol. The first kappa shape index (κ1) is 9.59. The molecule has 0 atom stereocenters. The van der Waals surface area contributed by atoms with Crippen molar-refractivity contribution in [1.29, 1.82) is 0 Å². The minimum Gasteiger partial charge on any atom is -0.435 e. The molecule has 0 bridgehead atoms. The van der Waals surface area contributed by atoms with Crippen molar-refractivity contribution in [2.75, 3.05) is 25.0 Å². The number of benzene rings is 1. The Kier molecular flexibility index (Phi) is 1.77. The highest BCUT2D eigenvalue weighted by Crippen LogP contribution is 2.41. The van der Waals surface area contributed by atoms with Crippen molar-refractivity contribution in [3.8, 4) is 0 Å². The predicted octanol–water partition coefficient (Wildman–Crippen LogP) is 1.21. The zero-order valence-corrected chi connectivity index (χ0v) is 8.79. The number of carbonyl (C=O) groups is 1. The third kappa shape index (κ3) is 1.09. The van der Waals surface area contributed by atoms with Gasteiger partial charge in [-0.25, -0.2) is 9.18 Å². The van der Waals surface area contributed by atoms with Gasteiger partial charge in [-0.3, -0.25) is 4.90 Å². The molecule has 2 aliphatic heterocycles. The number of carbonyl (C=O) groups excluding carboxylic acids is 1. The number of rotatable bonds is 0. The SMILES string of the molecule is CN1C(=O)OC2(CNC2)c2cc(F)ccc21. The summed E-state index contributed by atoms with van der Waals surface area (Å²) in [5, 5.41) is 3.05. The van der Waals surface area contributed by atoms with E-state index in [0.29, 0.717) is 13.1 Å². The van der Waals surface area contributed by atoms with Gasteiger partial charge in [-0.15, -0.1) is 0 Å². The standard InChI is InChI=1S/C11H11FN2O2/c1-14-9-3-2-7(12)4-8(9)11(5-13-6-11)16-10(14)15/h2-4,13H,5-6H2,1H3. The van der Waals surface area contributed by atoms with E-state index in [-0.39, 0.29) is 11.9 Å². The maximum atomic E-state index is 13.2. The summed E-state index contributed by atoms with van der Waals surface area (Å²) < 4.78 is 18.6. The Labute approximate surface area is 92.0 Å². The highest BCUT2D eigenvalue weighted by Gasteiger charge is 2.48. The van der Waals surface area contributed by atoms with Crippen molar-refractivity contribution in [2.24, 2.45) is 0 Å². The topological polar surface area (TPSA) is 41.6 Å². The van der Waals surface area contributed by atoms with Crippen molar-refractivity contribution in [1.82, 2.24) is 5.32 Å². The smallest absolute Gasteiger partial charge is 0.415 e. The fraction of sp³-hybridized carbons (Fsp3) is 0.364. The molecule has 1 saturated heterocycles. The molecule has 4 nitrogen and oxygen atoms in total. The van der Waals surface area contributed by atoms with Gasteiger partial charge in [0.1, 0.15) is 5.82 Å². The molecule has 1 amide bonds. The molecule has 1 N–H and O–H groups in total. The van der Waals surface area contributed by atoms with Crippen molar-refractivity contribution in [2.45, 2.75) is 5.60 Å². The summed E-state index contributed by atoms with van der Waals surface area (Å²) in [4.78, 5) is 13.0. The zero-order valence-electron chi connectivity index (χ0n) is 8.79. The molecule has 0 unspecified atom stereocenters. The fourth-order valence-corrected chi connectivity index (χ4v) is 2.17. The molecule has 1 aromatic carbocycles. The van der Waals surface area contributed by atoms with Crippen molar-refractivity contribution in [3.63, 3.8) is 0 Å². The summed E-state index contributed by atoms with van der Waals surface area (Å²) >= 11 is 0. The van der Waals surface area contributed by atoms with Crippen LogP contribution in [-0.4, -0.2) is 26.2 Å². The minimum atomic E-state index is -0.666. The third-order valence-corrected chi connectivity index (χ3v) is 3.19. The number of ether oxygens (including phenoxy) is 1. The van der Waals surface area contributed by atoms with Crippen LogP contribution in [0.4, 0.5) is 14.9 Å². The predicted molar refractivity (Wildman–Crippen MR) is 55.8 cm³/mol. The highest BCUT2D eigenvalue weighted by atomic mass is 19.1. The van der Waals surface area contributed by atoms with E-state index < -0.39 is 5.60 Å². The Morgan fingerprint density at radius 1 is 1.50 bits per heavy atom. The summed E-state index contributed by atoms with van der Waals surface area (Å²) in [5.41, 5.74) is 0.800. The average molecular weight is 222 g/mol. The quantitative estimate of drug-likeness (QED) is 0.717. The summed E-state index contributed by atoms with van der Waals surface area (Å²) in [6.45, 7) is 1.09. The Hall–Kier alpha value is -1.62. The first-order chi connectivity index (χ1) is 7.62. The van der Waals surface area contributed by atoms with Crippen LogP contribution in [0.25, 0.3) is 0 Å². The number of fused-ring (bicyclic) bond motifs is 2. The van der Waals surface area contributed by atoms with Gasteiger partial charge in [0, 0.05) is 25.7 Å². The molecule has 1 spiro atoms. The Morgan fingerprint density at radius 2 is 2.25 bits per heavy atom. The van der Waals surface area contributed by atoms with E-state index in [1.807, 2.05) is 0 Å². The zero-order chi connectivity index (χ0) is 11.3. The number of amides is 1. The molecule has 0 saturated carbocycles. The van der Waals surface area contributed by atoms with E-state index in [2.05, 4.69) is 5.32 Å². The molecule has 5 heteroatoms. The second-order valence-electron chi connectivity index (χ2n) is 4.19. The van der Waals surface area contributed by atoms with Crippen LogP contribution in [0.15, 0.2) is 18.2 Å². The lowest BCUT2D eigenvalue weighted by molar-refractivity contribution is -0.0339. The molecule has 0 aromatic heterocycles. The monoisotopic (exact) mass is 222 g/mol. The number of halogens is 1. The van der Waals surface area contributed by atoms with E-state index in [4.69, 9.17) is 4.74 Å². The lowest BCUT2D eigenvalue weighted by atomic mass is 9.85. The van der Waals surface area contributed by atoms with Gasteiger partial charge in [0.25, 0.3) is 0 Å². The van der Waals surface area contributed by atoms with E-state index >= 15 is 0 Å². The molecule has 2 heterocycles. The van der Waals surface area contributed by atoms with Gasteiger partial charge in [0.15, 0.2) is 5.60 Å². The molecule has 3 rings (SSSR count). The van der Waals surface area contributed by atoms with Crippen LogP contribution in [0.3, 0.4) is 0 Å². The van der Waals surface area contributed by atoms with Crippen molar-refractivity contribution in [3.05, 3.63) is 29.6 Å². The summed E-state index contributed by atoms with van der Waals surface area (Å²) in [6.07, 6.45) is -0.388. The normalized spacial score (nSPS) is 21.4. The summed E-state index contributed by atoms with van der Waals surface area (Å²) in [6, 6.07) is 4.41. The number of nitrogens with one attached hydrogen (secondary N) is 1. The first-order valence-electron chi connectivity index (χ1n) is 5.10. The lowest BCUT2D eigenvalue weighted by Gasteiger charge is -2.47. The largest absolute Gasteiger partial charge is 0.435 e. The molecule has 1 fully saturated rings. The third-order valence-electron chi connectivity index (χ3n) is 3.19. The van der Waals surface area contributed by atoms with Crippen LogP contribution < -0.4 is 10.2 Å². The van der Waals surface area contributed by atoms with Crippen LogP contribution in [-0.2, 0) is 10.3 Å². The number of anilines is 1. The van der Waals surface area contributed by atoms with E-state index in [1.165, 1.54) is 17.0 Å². The van der Waals surface area contributed by atoms with Crippen LogP contribution in [0.5, 0.6) is 0 Å². The average Bonchev–Trinajstić information content (AvgIpc) is 2.21. The minimum absolute atomic E-state index is 0.309. The van der Waals surface area contributed by atoms with Gasteiger partial charge in [0.05, 0.1) is 5.69 Å². The van der Waals surface area contributed by atoms with Crippen LogP contribution in [0.2, 0.25) is 0 Å². The molecule has 16 heavy (non-hydrogen) atoms.